The third kappa shape index (κ3) is 7.97. The molecule has 4 atom stereocenters. The van der Waals surface area contributed by atoms with Gasteiger partial charge in [-0.3, -0.25) is 19.2 Å². The molecule has 9 heteroatoms. The Morgan fingerprint density at radius 3 is 2.00 bits per heavy atom. The van der Waals surface area contributed by atoms with Crippen molar-refractivity contribution in [3.63, 3.8) is 0 Å². The Kier molecular flexibility index (Phi) is 9.73. The number of carbonyl (C=O) groups is 4. The summed E-state index contributed by atoms with van der Waals surface area (Å²) < 4.78 is 0. The van der Waals surface area contributed by atoms with Crippen LogP contribution >= 0.6 is 0 Å². The van der Waals surface area contributed by atoms with E-state index in [0.717, 1.165) is 0 Å². The van der Waals surface area contributed by atoms with Crippen molar-refractivity contribution in [2.75, 3.05) is 6.54 Å². The van der Waals surface area contributed by atoms with Gasteiger partial charge in [-0.2, -0.15) is 0 Å². The van der Waals surface area contributed by atoms with Gasteiger partial charge in [-0.25, -0.2) is 0 Å². The second-order valence-corrected chi connectivity index (χ2v) is 6.49. The summed E-state index contributed by atoms with van der Waals surface area (Å²) in [5.74, 6) is -3.03. The van der Waals surface area contributed by atoms with Crippen LogP contribution in [-0.4, -0.2) is 53.5 Å². The van der Waals surface area contributed by atoms with Gasteiger partial charge in [0.2, 0.25) is 17.7 Å². The van der Waals surface area contributed by atoms with E-state index >= 15 is 0 Å². The molecule has 0 aromatic heterocycles. The lowest BCUT2D eigenvalue weighted by Crippen LogP contribution is -2.55. The smallest absolute Gasteiger partial charge is 0.325 e. The molecular formula is C16H30N4O5. The zero-order valence-corrected chi connectivity index (χ0v) is 15.5. The Bertz CT molecular complexity index is 495. The summed E-state index contributed by atoms with van der Waals surface area (Å²) in [6.07, 6.45) is 0.602. The molecule has 0 saturated carbocycles. The SMILES string of the molecule is CCC(C)C(NC(=O)CNC(=O)C(N)C(C)C)C(=O)NC(C)C(=O)O. The molecule has 25 heavy (non-hydrogen) atoms. The Morgan fingerprint density at radius 2 is 1.56 bits per heavy atom. The van der Waals surface area contributed by atoms with Crippen molar-refractivity contribution >= 4 is 23.7 Å². The third-order valence-electron chi connectivity index (χ3n) is 3.99. The van der Waals surface area contributed by atoms with Crippen LogP contribution in [0.15, 0.2) is 0 Å². The topological polar surface area (TPSA) is 151 Å². The van der Waals surface area contributed by atoms with Crippen molar-refractivity contribution in [2.24, 2.45) is 17.6 Å². The van der Waals surface area contributed by atoms with Crippen molar-refractivity contribution in [1.82, 2.24) is 16.0 Å². The Balaban J connectivity index is 4.76. The van der Waals surface area contributed by atoms with E-state index in [1.165, 1.54) is 6.92 Å². The highest BCUT2D eigenvalue weighted by molar-refractivity contribution is 5.92. The average molecular weight is 358 g/mol. The molecule has 0 saturated heterocycles. The quantitative estimate of drug-likeness (QED) is 0.345. The minimum Gasteiger partial charge on any atom is -0.480 e. The molecule has 0 aliphatic rings. The molecule has 0 aromatic carbocycles. The van der Waals surface area contributed by atoms with E-state index in [4.69, 9.17) is 10.8 Å². The molecule has 6 N–H and O–H groups in total. The van der Waals surface area contributed by atoms with E-state index in [1.54, 1.807) is 20.8 Å². The normalized spacial score (nSPS) is 15.6. The van der Waals surface area contributed by atoms with Crippen LogP contribution in [0, 0.1) is 11.8 Å². The number of nitrogens with one attached hydrogen (secondary N) is 3. The molecular weight excluding hydrogens is 328 g/mol. The molecule has 0 aliphatic heterocycles. The van der Waals surface area contributed by atoms with E-state index in [0.29, 0.717) is 6.42 Å². The second kappa shape index (κ2) is 10.7. The van der Waals surface area contributed by atoms with E-state index < -0.39 is 41.8 Å². The Hall–Kier alpha value is -2.16. The third-order valence-corrected chi connectivity index (χ3v) is 3.99. The monoisotopic (exact) mass is 358 g/mol. The van der Waals surface area contributed by atoms with E-state index in [1.807, 2.05) is 6.92 Å². The van der Waals surface area contributed by atoms with Gasteiger partial charge < -0.3 is 26.8 Å². The summed E-state index contributed by atoms with van der Waals surface area (Å²) in [5, 5.41) is 16.2. The van der Waals surface area contributed by atoms with Gasteiger partial charge in [0.05, 0.1) is 12.6 Å². The second-order valence-electron chi connectivity index (χ2n) is 6.49. The van der Waals surface area contributed by atoms with Gasteiger partial charge in [0.15, 0.2) is 0 Å². The fraction of sp³-hybridized carbons (Fsp3) is 0.750. The fourth-order valence-electron chi connectivity index (χ4n) is 1.88. The number of aliphatic carboxylic acids is 1. The van der Waals surface area contributed by atoms with Crippen molar-refractivity contribution in [3.05, 3.63) is 0 Å². The van der Waals surface area contributed by atoms with Crippen LogP contribution in [-0.2, 0) is 19.2 Å². The molecule has 0 rings (SSSR count). The largest absolute Gasteiger partial charge is 0.480 e. The summed E-state index contributed by atoms with van der Waals surface area (Å²) in [6, 6.07) is -2.69. The summed E-state index contributed by atoms with van der Waals surface area (Å²) in [4.78, 5) is 46.9. The van der Waals surface area contributed by atoms with Gasteiger partial charge in [-0.1, -0.05) is 34.1 Å². The molecule has 0 heterocycles. The lowest BCUT2D eigenvalue weighted by molar-refractivity contribution is -0.142. The minimum atomic E-state index is -1.17. The Morgan fingerprint density at radius 1 is 1.00 bits per heavy atom. The van der Waals surface area contributed by atoms with Gasteiger partial charge in [-0.05, 0) is 18.8 Å². The van der Waals surface area contributed by atoms with Gasteiger partial charge in [0.1, 0.15) is 12.1 Å². The zero-order chi connectivity index (χ0) is 19.7. The number of nitrogens with two attached hydrogens (primary N) is 1. The lowest BCUT2D eigenvalue weighted by atomic mass is 9.98. The number of carboxylic acid groups (broad SMARTS) is 1. The van der Waals surface area contributed by atoms with Crippen LogP contribution in [0.1, 0.15) is 41.0 Å². The summed E-state index contributed by atoms with van der Waals surface area (Å²) in [5.41, 5.74) is 5.69. The van der Waals surface area contributed by atoms with E-state index in [9.17, 15) is 19.2 Å². The number of hydrogen-bond acceptors (Lipinski definition) is 5. The first-order valence-electron chi connectivity index (χ1n) is 8.37. The van der Waals surface area contributed by atoms with Gasteiger partial charge in [0.25, 0.3) is 0 Å². The molecule has 9 nitrogen and oxygen atoms in total. The van der Waals surface area contributed by atoms with Crippen LogP contribution in [0.3, 0.4) is 0 Å². The molecule has 0 radical (unpaired) electrons. The number of hydrogen-bond donors (Lipinski definition) is 5. The number of carboxylic acids is 1. The van der Waals surface area contributed by atoms with Crippen LogP contribution in [0.25, 0.3) is 0 Å². The highest BCUT2D eigenvalue weighted by Gasteiger charge is 2.28. The maximum absolute atomic E-state index is 12.2. The highest BCUT2D eigenvalue weighted by atomic mass is 16.4. The standard InChI is InChI=1S/C16H30N4O5/c1-6-9(4)13(15(23)19-10(5)16(24)25)20-11(21)7-18-14(22)12(17)8(2)3/h8-10,12-13H,6-7,17H2,1-5H3,(H,18,22)(H,19,23)(H,20,21)(H,24,25). The van der Waals surface area contributed by atoms with Crippen LogP contribution in [0.5, 0.6) is 0 Å². The maximum Gasteiger partial charge on any atom is 0.325 e. The van der Waals surface area contributed by atoms with Crippen molar-refractivity contribution in [3.8, 4) is 0 Å². The summed E-state index contributed by atoms with van der Waals surface area (Å²) >= 11 is 0. The van der Waals surface area contributed by atoms with Crippen molar-refractivity contribution in [1.29, 1.82) is 0 Å². The molecule has 4 unspecified atom stereocenters. The van der Waals surface area contributed by atoms with Crippen molar-refractivity contribution < 1.29 is 24.3 Å². The molecule has 3 amide bonds. The molecule has 0 bridgehead atoms. The molecule has 144 valence electrons. The molecule has 0 fully saturated rings. The summed E-state index contributed by atoms with van der Waals surface area (Å²) in [7, 11) is 0. The first-order valence-corrected chi connectivity index (χ1v) is 8.37. The minimum absolute atomic E-state index is 0.0702. The molecule has 0 aromatic rings. The number of rotatable bonds is 10. The predicted molar refractivity (Wildman–Crippen MR) is 92.4 cm³/mol. The number of carbonyl (C=O) groups excluding carboxylic acids is 3. The molecule has 0 spiro atoms. The number of amides is 3. The van der Waals surface area contributed by atoms with E-state index in [-0.39, 0.29) is 18.4 Å². The van der Waals surface area contributed by atoms with Crippen molar-refractivity contribution in [2.45, 2.75) is 59.2 Å². The molecule has 0 aliphatic carbocycles. The fourth-order valence-corrected chi connectivity index (χ4v) is 1.88. The Labute approximate surface area is 148 Å². The van der Waals surface area contributed by atoms with Gasteiger partial charge >= 0.3 is 5.97 Å². The van der Waals surface area contributed by atoms with Crippen LogP contribution < -0.4 is 21.7 Å². The van der Waals surface area contributed by atoms with Gasteiger partial charge in [-0.15, -0.1) is 0 Å². The zero-order valence-electron chi connectivity index (χ0n) is 15.5. The highest BCUT2D eigenvalue weighted by Crippen LogP contribution is 2.08. The first-order chi connectivity index (χ1) is 11.5. The first kappa shape index (κ1) is 22.8. The van der Waals surface area contributed by atoms with Gasteiger partial charge in [0, 0.05) is 0 Å². The average Bonchev–Trinajstić information content (AvgIpc) is 2.55. The van der Waals surface area contributed by atoms with E-state index in [2.05, 4.69) is 16.0 Å². The lowest BCUT2D eigenvalue weighted by Gasteiger charge is -2.25. The van der Waals surface area contributed by atoms with Crippen LogP contribution in [0.2, 0.25) is 0 Å². The van der Waals surface area contributed by atoms with Crippen LogP contribution in [0.4, 0.5) is 0 Å². The predicted octanol–water partition coefficient (Wildman–Crippen LogP) is -0.794. The summed E-state index contributed by atoms with van der Waals surface area (Å²) in [6.45, 7) is 8.22. The maximum atomic E-state index is 12.2.